The molecule has 3 heteroatoms. The topological polar surface area (TPSA) is 48.0 Å². The van der Waals surface area contributed by atoms with E-state index in [1.165, 1.54) is 10.9 Å². The molecular weight excluding hydrogens is 188 g/mol. The molecule has 0 fully saturated rings. The second-order valence-corrected chi connectivity index (χ2v) is 4.13. The third-order valence-corrected chi connectivity index (χ3v) is 3.33. The Morgan fingerprint density at radius 2 is 2.33 bits per heavy atom. The Morgan fingerprint density at radius 3 is 3.13 bits per heavy atom. The average molecular weight is 202 g/mol. The summed E-state index contributed by atoms with van der Waals surface area (Å²) in [6.45, 7) is 0. The number of nitrogens with one attached hydrogen (secondary N) is 2. The molecule has 0 unspecified atom stereocenters. The smallest absolute Gasteiger partial charge is 0.0952 e. The number of aromatic amines is 1. The second kappa shape index (κ2) is 3.08. The maximum atomic E-state index is 10.2. The van der Waals surface area contributed by atoms with Gasteiger partial charge in [-0.3, -0.25) is 0 Å². The Bertz CT molecular complexity index is 503. The van der Waals surface area contributed by atoms with Gasteiger partial charge in [0, 0.05) is 23.1 Å². The van der Waals surface area contributed by atoms with Gasteiger partial charge in [-0.15, -0.1) is 0 Å². The van der Waals surface area contributed by atoms with Crippen LogP contribution in [0.25, 0.3) is 10.9 Å². The number of aromatic nitrogens is 1. The van der Waals surface area contributed by atoms with E-state index in [2.05, 4.69) is 16.4 Å². The second-order valence-electron chi connectivity index (χ2n) is 4.13. The average Bonchev–Trinajstić information content (AvgIpc) is 2.68. The SMILES string of the molecule is CN[C@H]1Cc2c[nH]c3cccc(c23)[C@@H]1O. The molecule has 0 saturated carbocycles. The Balaban J connectivity index is 2.27. The van der Waals surface area contributed by atoms with Gasteiger partial charge in [-0.05, 0) is 30.7 Å². The highest BCUT2D eigenvalue weighted by molar-refractivity contribution is 5.88. The van der Waals surface area contributed by atoms with Crippen molar-refractivity contribution in [3.05, 3.63) is 35.5 Å². The number of rotatable bonds is 1. The highest BCUT2D eigenvalue weighted by atomic mass is 16.3. The van der Waals surface area contributed by atoms with Crippen LogP contribution in [0, 0.1) is 0 Å². The lowest BCUT2D eigenvalue weighted by Crippen LogP contribution is -2.36. The minimum absolute atomic E-state index is 0.124. The van der Waals surface area contributed by atoms with Crippen LogP contribution >= 0.6 is 0 Å². The highest BCUT2D eigenvalue weighted by Crippen LogP contribution is 2.35. The van der Waals surface area contributed by atoms with Crippen molar-refractivity contribution in [2.75, 3.05) is 7.05 Å². The fourth-order valence-electron chi connectivity index (χ4n) is 2.52. The molecule has 1 heterocycles. The summed E-state index contributed by atoms with van der Waals surface area (Å²) in [6, 6.07) is 6.17. The summed E-state index contributed by atoms with van der Waals surface area (Å²) in [7, 11) is 1.89. The molecule has 1 aliphatic rings. The summed E-state index contributed by atoms with van der Waals surface area (Å²) in [5, 5.41) is 14.5. The number of hydrogen-bond donors (Lipinski definition) is 3. The van der Waals surface area contributed by atoms with Crippen LogP contribution in [0.4, 0.5) is 0 Å². The highest BCUT2D eigenvalue weighted by Gasteiger charge is 2.28. The van der Waals surface area contributed by atoms with Crippen LogP contribution in [-0.4, -0.2) is 23.2 Å². The third kappa shape index (κ3) is 1.14. The fraction of sp³-hybridized carbons (Fsp3) is 0.333. The molecule has 1 aromatic heterocycles. The molecule has 0 radical (unpaired) electrons. The zero-order valence-corrected chi connectivity index (χ0v) is 8.62. The molecule has 1 aromatic carbocycles. The molecule has 0 bridgehead atoms. The minimum Gasteiger partial charge on any atom is -0.387 e. The molecule has 0 spiro atoms. The zero-order valence-electron chi connectivity index (χ0n) is 8.62. The van der Waals surface area contributed by atoms with E-state index >= 15 is 0 Å². The molecule has 78 valence electrons. The Morgan fingerprint density at radius 1 is 1.47 bits per heavy atom. The van der Waals surface area contributed by atoms with Gasteiger partial charge in [0.2, 0.25) is 0 Å². The molecule has 0 saturated heterocycles. The van der Waals surface area contributed by atoms with Crippen molar-refractivity contribution in [1.29, 1.82) is 0 Å². The molecule has 2 atom stereocenters. The van der Waals surface area contributed by atoms with E-state index < -0.39 is 6.10 Å². The largest absolute Gasteiger partial charge is 0.387 e. The van der Waals surface area contributed by atoms with Gasteiger partial charge in [0.1, 0.15) is 0 Å². The van der Waals surface area contributed by atoms with Crippen LogP contribution in [0.15, 0.2) is 24.4 Å². The van der Waals surface area contributed by atoms with Crippen molar-refractivity contribution in [2.45, 2.75) is 18.6 Å². The molecule has 1 aliphatic carbocycles. The molecule has 3 nitrogen and oxygen atoms in total. The molecule has 2 aromatic rings. The normalized spacial score (nSPS) is 24.7. The first kappa shape index (κ1) is 8.95. The van der Waals surface area contributed by atoms with Gasteiger partial charge in [-0.1, -0.05) is 12.1 Å². The first-order valence-electron chi connectivity index (χ1n) is 5.25. The summed E-state index contributed by atoms with van der Waals surface area (Å²) in [5.41, 5.74) is 3.45. The van der Waals surface area contributed by atoms with Gasteiger partial charge in [0.25, 0.3) is 0 Å². The molecular formula is C12H14N2O. The van der Waals surface area contributed by atoms with E-state index in [0.29, 0.717) is 0 Å². The lowest BCUT2D eigenvalue weighted by molar-refractivity contribution is 0.130. The van der Waals surface area contributed by atoms with Gasteiger partial charge in [0.15, 0.2) is 0 Å². The maximum Gasteiger partial charge on any atom is 0.0952 e. The number of hydrogen-bond acceptors (Lipinski definition) is 2. The molecule has 0 aliphatic heterocycles. The van der Waals surface area contributed by atoms with Crippen molar-refractivity contribution >= 4 is 10.9 Å². The Hall–Kier alpha value is -1.32. The van der Waals surface area contributed by atoms with Crippen LogP contribution in [0.3, 0.4) is 0 Å². The summed E-state index contributed by atoms with van der Waals surface area (Å²) in [6.07, 6.45) is 2.53. The third-order valence-electron chi connectivity index (χ3n) is 3.33. The number of likely N-dealkylation sites (N-methyl/N-ethyl adjacent to an activating group) is 1. The van der Waals surface area contributed by atoms with Gasteiger partial charge >= 0.3 is 0 Å². The van der Waals surface area contributed by atoms with Gasteiger partial charge < -0.3 is 15.4 Å². The lowest BCUT2D eigenvalue weighted by Gasteiger charge is -2.27. The summed E-state index contributed by atoms with van der Waals surface area (Å²) in [5.74, 6) is 0. The first-order valence-corrected chi connectivity index (χ1v) is 5.25. The Labute approximate surface area is 88.1 Å². The van der Waals surface area contributed by atoms with E-state index in [1.54, 1.807) is 0 Å². The van der Waals surface area contributed by atoms with Crippen LogP contribution in [-0.2, 0) is 6.42 Å². The maximum absolute atomic E-state index is 10.2. The van der Waals surface area contributed by atoms with Crippen LogP contribution < -0.4 is 5.32 Å². The predicted octanol–water partition coefficient (Wildman–Crippen LogP) is 1.35. The van der Waals surface area contributed by atoms with Crippen molar-refractivity contribution in [2.24, 2.45) is 0 Å². The Kier molecular flexibility index (Phi) is 1.84. The summed E-state index contributed by atoms with van der Waals surface area (Å²) in [4.78, 5) is 3.25. The summed E-state index contributed by atoms with van der Waals surface area (Å²) >= 11 is 0. The first-order chi connectivity index (χ1) is 7.31. The quantitative estimate of drug-likeness (QED) is 0.653. The van der Waals surface area contributed by atoms with E-state index in [9.17, 15) is 5.11 Å². The van der Waals surface area contributed by atoms with Crippen molar-refractivity contribution in [3.8, 4) is 0 Å². The van der Waals surface area contributed by atoms with Crippen molar-refractivity contribution in [1.82, 2.24) is 10.3 Å². The van der Waals surface area contributed by atoms with Crippen LogP contribution in [0.1, 0.15) is 17.2 Å². The number of aliphatic hydroxyl groups is 1. The van der Waals surface area contributed by atoms with E-state index in [1.807, 2.05) is 25.4 Å². The van der Waals surface area contributed by atoms with E-state index in [-0.39, 0.29) is 6.04 Å². The molecule has 15 heavy (non-hydrogen) atoms. The van der Waals surface area contributed by atoms with Crippen molar-refractivity contribution in [3.63, 3.8) is 0 Å². The number of benzene rings is 1. The zero-order chi connectivity index (χ0) is 10.4. The van der Waals surface area contributed by atoms with Crippen molar-refractivity contribution < 1.29 is 5.11 Å². The standard InChI is InChI=1S/C12H14N2O/c1-13-10-5-7-6-14-9-4-2-3-8(11(7)9)12(10)15/h2-4,6,10,12-15H,5H2,1H3/t10-,12-/m0/s1. The monoisotopic (exact) mass is 202 g/mol. The minimum atomic E-state index is -0.401. The van der Waals surface area contributed by atoms with E-state index in [4.69, 9.17) is 0 Å². The summed E-state index contributed by atoms with van der Waals surface area (Å²) < 4.78 is 0. The van der Waals surface area contributed by atoms with Gasteiger partial charge in [-0.25, -0.2) is 0 Å². The van der Waals surface area contributed by atoms with Crippen LogP contribution in [0.5, 0.6) is 0 Å². The van der Waals surface area contributed by atoms with Crippen LogP contribution in [0.2, 0.25) is 0 Å². The number of H-pyrrole nitrogens is 1. The molecule has 3 N–H and O–H groups in total. The molecule has 0 amide bonds. The van der Waals surface area contributed by atoms with Gasteiger partial charge in [-0.2, -0.15) is 0 Å². The fourth-order valence-corrected chi connectivity index (χ4v) is 2.52. The predicted molar refractivity (Wildman–Crippen MR) is 59.8 cm³/mol. The molecule has 3 rings (SSSR count). The van der Waals surface area contributed by atoms with Gasteiger partial charge in [0.05, 0.1) is 6.10 Å². The lowest BCUT2D eigenvalue weighted by atomic mass is 9.87. The number of aliphatic hydroxyl groups excluding tert-OH is 1. The van der Waals surface area contributed by atoms with E-state index in [0.717, 1.165) is 17.5 Å².